The first-order valence-electron chi connectivity index (χ1n) is 6.74. The number of carbonyl (C=O) groups is 1. The quantitative estimate of drug-likeness (QED) is 0.761. The minimum Gasteiger partial charge on any atom is -0.372 e. The molecule has 2 aliphatic rings. The van der Waals surface area contributed by atoms with Gasteiger partial charge in [0, 0.05) is 13.6 Å². The molecule has 1 spiro atoms. The van der Waals surface area contributed by atoms with Gasteiger partial charge >= 0.3 is 0 Å². The van der Waals surface area contributed by atoms with Crippen LogP contribution in [0.5, 0.6) is 0 Å². The zero-order valence-corrected chi connectivity index (χ0v) is 11.1. The molecule has 1 aromatic rings. The first-order valence-corrected chi connectivity index (χ1v) is 6.74. The van der Waals surface area contributed by atoms with Crippen molar-refractivity contribution >= 4 is 17.3 Å². The van der Waals surface area contributed by atoms with Crippen molar-refractivity contribution in [3.8, 4) is 0 Å². The van der Waals surface area contributed by atoms with Crippen LogP contribution in [0.3, 0.4) is 0 Å². The van der Waals surface area contributed by atoms with Crippen molar-refractivity contribution in [3.05, 3.63) is 23.8 Å². The molecule has 1 amide bonds. The predicted molar refractivity (Wildman–Crippen MR) is 74.0 cm³/mol. The molecule has 18 heavy (non-hydrogen) atoms. The third-order valence-corrected chi connectivity index (χ3v) is 4.39. The number of aryl methyl sites for hydroxylation is 1. The summed E-state index contributed by atoms with van der Waals surface area (Å²) in [7, 11) is 2.09. The van der Waals surface area contributed by atoms with Crippen molar-refractivity contribution in [3.63, 3.8) is 0 Å². The average molecular weight is 244 g/mol. The fourth-order valence-corrected chi connectivity index (χ4v) is 3.39. The van der Waals surface area contributed by atoms with Crippen molar-refractivity contribution in [2.24, 2.45) is 5.41 Å². The molecule has 1 aliphatic heterocycles. The van der Waals surface area contributed by atoms with Crippen LogP contribution in [0.25, 0.3) is 0 Å². The number of nitrogens with one attached hydrogen (secondary N) is 1. The van der Waals surface area contributed by atoms with Crippen molar-refractivity contribution in [2.75, 3.05) is 23.8 Å². The van der Waals surface area contributed by atoms with E-state index < -0.39 is 0 Å². The Bertz CT molecular complexity index is 489. The van der Waals surface area contributed by atoms with Gasteiger partial charge in [-0.1, -0.05) is 18.9 Å². The summed E-state index contributed by atoms with van der Waals surface area (Å²) in [5.41, 5.74) is 3.12. The number of fused-ring (bicyclic) bond motifs is 1. The smallest absolute Gasteiger partial charge is 0.232 e. The minimum atomic E-state index is -0.165. The fourth-order valence-electron chi connectivity index (χ4n) is 3.39. The molecule has 1 saturated carbocycles. The number of anilines is 2. The average Bonchev–Trinajstić information content (AvgIpc) is 2.75. The number of nitrogens with zero attached hydrogens (tertiary/aromatic N) is 1. The van der Waals surface area contributed by atoms with Gasteiger partial charge in [-0.3, -0.25) is 4.79 Å². The maximum absolute atomic E-state index is 12.5. The zero-order valence-electron chi connectivity index (χ0n) is 11.1. The first-order chi connectivity index (χ1) is 8.61. The highest BCUT2D eigenvalue weighted by Crippen LogP contribution is 2.43. The van der Waals surface area contributed by atoms with Gasteiger partial charge in [0.25, 0.3) is 0 Å². The Morgan fingerprint density at radius 3 is 2.72 bits per heavy atom. The lowest BCUT2D eigenvalue weighted by Crippen LogP contribution is -2.40. The zero-order chi connectivity index (χ0) is 12.8. The van der Waals surface area contributed by atoms with Crippen LogP contribution in [0.4, 0.5) is 11.4 Å². The third kappa shape index (κ3) is 1.69. The Kier molecular flexibility index (Phi) is 2.58. The van der Waals surface area contributed by atoms with Crippen LogP contribution in [-0.4, -0.2) is 19.5 Å². The molecule has 3 rings (SSSR count). The molecule has 96 valence electrons. The van der Waals surface area contributed by atoms with Gasteiger partial charge in [-0.15, -0.1) is 0 Å². The summed E-state index contributed by atoms with van der Waals surface area (Å²) >= 11 is 0. The Hall–Kier alpha value is -1.51. The van der Waals surface area contributed by atoms with Gasteiger partial charge in [0.15, 0.2) is 0 Å². The summed E-state index contributed by atoms with van der Waals surface area (Å²) in [4.78, 5) is 14.8. The first kappa shape index (κ1) is 11.6. The van der Waals surface area contributed by atoms with E-state index in [1.165, 1.54) is 18.4 Å². The predicted octanol–water partition coefficient (Wildman–Crippen LogP) is 2.94. The van der Waals surface area contributed by atoms with Crippen molar-refractivity contribution in [2.45, 2.75) is 32.6 Å². The molecule has 0 bridgehead atoms. The number of hydrogen-bond donors (Lipinski definition) is 1. The molecule has 1 heterocycles. The van der Waals surface area contributed by atoms with Crippen LogP contribution in [0, 0.1) is 12.3 Å². The molecule has 3 heteroatoms. The molecule has 1 aliphatic carbocycles. The van der Waals surface area contributed by atoms with Crippen LogP contribution < -0.4 is 10.2 Å². The molecular formula is C15H20N2O. The van der Waals surface area contributed by atoms with Gasteiger partial charge in [0.2, 0.25) is 5.91 Å². The largest absolute Gasteiger partial charge is 0.372 e. The standard InChI is InChI=1S/C15H20N2O/c1-11-5-6-13-12(9-11)16-14(18)15(10-17(13)2)7-3-4-8-15/h5-6,9H,3-4,7-8,10H2,1-2H3,(H,16,18). The topological polar surface area (TPSA) is 32.3 Å². The van der Waals surface area contributed by atoms with Gasteiger partial charge in [0.05, 0.1) is 16.8 Å². The van der Waals surface area contributed by atoms with Gasteiger partial charge in [-0.25, -0.2) is 0 Å². The summed E-state index contributed by atoms with van der Waals surface area (Å²) in [6, 6.07) is 6.28. The number of rotatable bonds is 0. The summed E-state index contributed by atoms with van der Waals surface area (Å²) < 4.78 is 0. The van der Waals surface area contributed by atoms with Gasteiger partial charge in [-0.05, 0) is 37.5 Å². The fraction of sp³-hybridized carbons (Fsp3) is 0.533. The van der Waals surface area contributed by atoms with E-state index in [-0.39, 0.29) is 11.3 Å². The van der Waals surface area contributed by atoms with E-state index in [2.05, 4.69) is 42.4 Å². The second kappa shape index (κ2) is 4.01. The van der Waals surface area contributed by atoms with E-state index in [9.17, 15) is 4.79 Å². The van der Waals surface area contributed by atoms with E-state index in [0.717, 1.165) is 30.8 Å². The van der Waals surface area contributed by atoms with Crippen LogP contribution in [0.1, 0.15) is 31.2 Å². The van der Waals surface area contributed by atoms with Crippen LogP contribution in [-0.2, 0) is 4.79 Å². The van der Waals surface area contributed by atoms with Crippen molar-refractivity contribution < 1.29 is 4.79 Å². The Morgan fingerprint density at radius 1 is 1.28 bits per heavy atom. The summed E-state index contributed by atoms with van der Waals surface area (Å²) in [6.45, 7) is 2.90. The Balaban J connectivity index is 2.03. The molecule has 1 N–H and O–H groups in total. The van der Waals surface area contributed by atoms with Gasteiger partial charge in [0.1, 0.15) is 0 Å². The maximum Gasteiger partial charge on any atom is 0.232 e. The van der Waals surface area contributed by atoms with E-state index in [0.29, 0.717) is 0 Å². The van der Waals surface area contributed by atoms with E-state index >= 15 is 0 Å². The van der Waals surface area contributed by atoms with E-state index in [4.69, 9.17) is 0 Å². The van der Waals surface area contributed by atoms with Crippen molar-refractivity contribution in [1.82, 2.24) is 0 Å². The summed E-state index contributed by atoms with van der Waals surface area (Å²) in [6.07, 6.45) is 4.40. The van der Waals surface area contributed by atoms with Crippen LogP contribution >= 0.6 is 0 Å². The molecule has 0 radical (unpaired) electrons. The lowest BCUT2D eigenvalue weighted by Gasteiger charge is -2.29. The number of benzene rings is 1. The molecule has 1 aromatic carbocycles. The van der Waals surface area contributed by atoms with Crippen LogP contribution in [0.2, 0.25) is 0 Å². The summed E-state index contributed by atoms with van der Waals surface area (Å²) in [5, 5.41) is 3.15. The molecule has 0 saturated heterocycles. The lowest BCUT2D eigenvalue weighted by atomic mass is 9.85. The normalized spacial score (nSPS) is 21.7. The molecule has 3 nitrogen and oxygen atoms in total. The summed E-state index contributed by atoms with van der Waals surface area (Å²) in [5.74, 6) is 0.219. The SMILES string of the molecule is Cc1ccc2c(c1)NC(=O)C1(CCCC1)CN2C. The minimum absolute atomic E-state index is 0.165. The highest BCUT2D eigenvalue weighted by atomic mass is 16.2. The van der Waals surface area contributed by atoms with Gasteiger partial charge < -0.3 is 10.2 Å². The maximum atomic E-state index is 12.5. The van der Waals surface area contributed by atoms with E-state index in [1.807, 2.05) is 0 Å². The second-order valence-electron chi connectivity index (χ2n) is 5.82. The highest BCUT2D eigenvalue weighted by molar-refractivity contribution is 6.00. The number of amides is 1. The van der Waals surface area contributed by atoms with Crippen LogP contribution in [0.15, 0.2) is 18.2 Å². The van der Waals surface area contributed by atoms with Gasteiger partial charge in [-0.2, -0.15) is 0 Å². The number of carbonyl (C=O) groups excluding carboxylic acids is 1. The highest BCUT2D eigenvalue weighted by Gasteiger charge is 2.44. The third-order valence-electron chi connectivity index (χ3n) is 4.39. The molecule has 0 unspecified atom stereocenters. The van der Waals surface area contributed by atoms with Crippen molar-refractivity contribution in [1.29, 1.82) is 0 Å². The molecular weight excluding hydrogens is 224 g/mol. The number of hydrogen-bond acceptors (Lipinski definition) is 2. The monoisotopic (exact) mass is 244 g/mol. The lowest BCUT2D eigenvalue weighted by molar-refractivity contribution is -0.124. The molecule has 1 fully saturated rings. The van der Waals surface area contributed by atoms with E-state index in [1.54, 1.807) is 0 Å². The molecule has 0 atom stereocenters. The Morgan fingerprint density at radius 2 is 2.00 bits per heavy atom. The molecule has 0 aromatic heterocycles. The second-order valence-corrected chi connectivity index (χ2v) is 5.82. The Labute approximate surface area is 108 Å².